The maximum absolute atomic E-state index is 11.7. The molecule has 1 aliphatic heterocycles. The molecule has 0 aliphatic carbocycles. The Labute approximate surface area is 234 Å². The Morgan fingerprint density at radius 2 is 1.73 bits per heavy atom. The second kappa shape index (κ2) is 12.2. The Kier molecular flexibility index (Phi) is 8.45. The molecule has 2 N–H and O–H groups in total. The molecular weight excluding hydrogens is 528 g/mol. The summed E-state index contributed by atoms with van der Waals surface area (Å²) < 4.78 is 46.6. The van der Waals surface area contributed by atoms with Crippen LogP contribution in [0.5, 0.6) is 0 Å². The molecule has 9 heteroatoms. The lowest BCUT2D eigenvalue weighted by Gasteiger charge is -2.36. The summed E-state index contributed by atoms with van der Waals surface area (Å²) in [7, 11) is -2.05. The first-order valence-electron chi connectivity index (χ1n) is 12.9. The van der Waals surface area contributed by atoms with Crippen molar-refractivity contribution in [3.8, 4) is 34.4 Å². The van der Waals surface area contributed by atoms with Crippen molar-refractivity contribution in [2.75, 3.05) is 26.9 Å². The number of nitrogens with zero attached hydrogens (tertiary/aromatic N) is 1. The SMILES string of the molecule is COC1(c2cccc(COCC#Cc3nc(-c4ccccc4)c(-c4ccc(S(N)(=O)=O)cc4)o3)c2)CCOCC1. The third-order valence-electron chi connectivity index (χ3n) is 6.90. The first-order valence-corrected chi connectivity index (χ1v) is 14.4. The van der Waals surface area contributed by atoms with Gasteiger partial charge in [-0.3, -0.25) is 0 Å². The highest BCUT2D eigenvalue weighted by Gasteiger charge is 2.34. The van der Waals surface area contributed by atoms with E-state index in [0.29, 0.717) is 36.8 Å². The highest BCUT2D eigenvalue weighted by Crippen LogP contribution is 2.36. The molecule has 0 unspecified atom stereocenters. The third-order valence-corrected chi connectivity index (χ3v) is 7.83. The first-order chi connectivity index (χ1) is 19.4. The van der Waals surface area contributed by atoms with Crippen LogP contribution >= 0.6 is 0 Å². The molecule has 0 spiro atoms. The average Bonchev–Trinajstić information content (AvgIpc) is 3.42. The zero-order valence-corrected chi connectivity index (χ0v) is 22.9. The van der Waals surface area contributed by atoms with Gasteiger partial charge in [-0.1, -0.05) is 60.5 Å². The monoisotopic (exact) mass is 558 g/mol. The molecule has 5 rings (SSSR count). The van der Waals surface area contributed by atoms with Crippen molar-refractivity contribution in [3.05, 3.63) is 95.9 Å². The molecule has 0 radical (unpaired) electrons. The van der Waals surface area contributed by atoms with Gasteiger partial charge in [-0.05, 0) is 41.3 Å². The number of rotatable bonds is 8. The van der Waals surface area contributed by atoms with Crippen molar-refractivity contribution in [1.82, 2.24) is 4.98 Å². The van der Waals surface area contributed by atoms with Gasteiger partial charge in [0.05, 0.1) is 17.1 Å². The van der Waals surface area contributed by atoms with Gasteiger partial charge in [0.2, 0.25) is 10.0 Å². The van der Waals surface area contributed by atoms with Gasteiger partial charge in [-0.25, -0.2) is 18.5 Å². The molecule has 1 fully saturated rings. The van der Waals surface area contributed by atoms with Gasteiger partial charge in [-0.15, -0.1) is 0 Å². The van der Waals surface area contributed by atoms with Crippen LogP contribution in [0.2, 0.25) is 0 Å². The van der Waals surface area contributed by atoms with Gasteiger partial charge in [0.1, 0.15) is 12.3 Å². The maximum atomic E-state index is 11.7. The summed E-state index contributed by atoms with van der Waals surface area (Å²) in [6.45, 7) is 1.95. The van der Waals surface area contributed by atoms with E-state index in [4.69, 9.17) is 23.8 Å². The highest BCUT2D eigenvalue weighted by molar-refractivity contribution is 7.89. The summed E-state index contributed by atoms with van der Waals surface area (Å²) >= 11 is 0. The van der Waals surface area contributed by atoms with Crippen LogP contribution in [0.25, 0.3) is 22.6 Å². The van der Waals surface area contributed by atoms with Gasteiger partial charge in [0.15, 0.2) is 5.76 Å². The molecule has 2 heterocycles. The summed E-state index contributed by atoms with van der Waals surface area (Å²) in [5.74, 6) is 6.63. The van der Waals surface area contributed by atoms with Crippen LogP contribution in [0.15, 0.2) is 88.2 Å². The predicted octanol–water partition coefficient (Wildman–Crippen LogP) is 4.88. The Morgan fingerprint density at radius 1 is 0.975 bits per heavy atom. The van der Waals surface area contributed by atoms with Crippen LogP contribution in [-0.2, 0) is 36.4 Å². The molecule has 0 bridgehead atoms. The maximum Gasteiger partial charge on any atom is 0.274 e. The lowest BCUT2D eigenvalue weighted by Crippen LogP contribution is -2.35. The molecule has 1 aromatic heterocycles. The molecule has 8 nitrogen and oxygen atoms in total. The second-order valence-electron chi connectivity index (χ2n) is 9.44. The fraction of sp³-hybridized carbons (Fsp3) is 0.258. The number of methoxy groups -OCH3 is 1. The van der Waals surface area contributed by atoms with Crippen LogP contribution < -0.4 is 5.14 Å². The highest BCUT2D eigenvalue weighted by atomic mass is 32.2. The van der Waals surface area contributed by atoms with Crippen LogP contribution in [-0.4, -0.2) is 40.3 Å². The number of benzene rings is 3. The number of ether oxygens (including phenoxy) is 3. The molecule has 40 heavy (non-hydrogen) atoms. The Hall–Kier alpha value is -3.78. The van der Waals surface area contributed by atoms with Crippen LogP contribution in [0.3, 0.4) is 0 Å². The fourth-order valence-electron chi connectivity index (χ4n) is 4.74. The van der Waals surface area contributed by atoms with Crippen molar-refractivity contribution < 1.29 is 27.0 Å². The second-order valence-corrected chi connectivity index (χ2v) is 11.0. The number of aromatic nitrogens is 1. The van der Waals surface area contributed by atoms with Crippen LogP contribution in [0, 0.1) is 11.8 Å². The van der Waals surface area contributed by atoms with E-state index in [1.807, 2.05) is 42.5 Å². The van der Waals surface area contributed by atoms with E-state index in [1.54, 1.807) is 19.2 Å². The van der Waals surface area contributed by atoms with Crippen molar-refractivity contribution >= 4 is 10.0 Å². The number of nitrogens with two attached hydrogens (primary N) is 1. The molecule has 206 valence electrons. The lowest BCUT2D eigenvalue weighted by atomic mass is 9.85. The standard InChI is InChI=1S/C31H30N2O6S/c1-36-31(16-19-37-20-17-31)26-10-5-7-23(21-26)22-38-18-6-11-28-33-29(24-8-3-2-4-9-24)30(39-28)25-12-14-27(15-13-25)40(32,34)35/h2-5,7-10,12-15,21H,16-20,22H2,1H3,(H2,32,34,35). The lowest BCUT2D eigenvalue weighted by molar-refractivity contribution is -0.0948. The zero-order valence-electron chi connectivity index (χ0n) is 22.1. The molecule has 4 aromatic rings. The Bertz CT molecular complexity index is 1610. The Balaban J connectivity index is 1.30. The molecular formula is C31H30N2O6S. The Morgan fingerprint density at radius 3 is 2.42 bits per heavy atom. The largest absolute Gasteiger partial charge is 0.429 e. The minimum absolute atomic E-state index is 0.0184. The topological polar surface area (TPSA) is 114 Å². The van der Waals surface area contributed by atoms with E-state index in [-0.39, 0.29) is 23.0 Å². The van der Waals surface area contributed by atoms with Gasteiger partial charge in [0.25, 0.3) is 5.89 Å². The number of hydrogen-bond acceptors (Lipinski definition) is 7. The summed E-state index contributed by atoms with van der Waals surface area (Å²) in [4.78, 5) is 4.62. The number of oxazole rings is 1. The molecule has 3 aromatic carbocycles. The summed E-state index contributed by atoms with van der Waals surface area (Å²) in [5.41, 5.74) is 3.94. The summed E-state index contributed by atoms with van der Waals surface area (Å²) in [5, 5.41) is 5.24. The smallest absolute Gasteiger partial charge is 0.274 e. The fourth-order valence-corrected chi connectivity index (χ4v) is 5.26. The third kappa shape index (κ3) is 6.33. The first kappa shape index (κ1) is 27.8. The normalized spacial score (nSPS) is 14.8. The van der Waals surface area contributed by atoms with Crippen molar-refractivity contribution in [3.63, 3.8) is 0 Å². The molecule has 0 atom stereocenters. The van der Waals surface area contributed by atoms with E-state index in [2.05, 4.69) is 29.0 Å². The zero-order chi connectivity index (χ0) is 28.0. The van der Waals surface area contributed by atoms with E-state index >= 15 is 0 Å². The van der Waals surface area contributed by atoms with Crippen LogP contribution in [0.4, 0.5) is 0 Å². The van der Waals surface area contributed by atoms with Gasteiger partial charge < -0.3 is 18.6 Å². The van der Waals surface area contributed by atoms with E-state index in [9.17, 15) is 8.42 Å². The van der Waals surface area contributed by atoms with Gasteiger partial charge in [0, 0.05) is 44.3 Å². The molecule has 1 saturated heterocycles. The van der Waals surface area contributed by atoms with Gasteiger partial charge in [-0.2, -0.15) is 0 Å². The van der Waals surface area contributed by atoms with Gasteiger partial charge >= 0.3 is 0 Å². The minimum Gasteiger partial charge on any atom is -0.429 e. The van der Waals surface area contributed by atoms with Crippen molar-refractivity contribution in [2.45, 2.75) is 29.9 Å². The van der Waals surface area contributed by atoms with E-state index < -0.39 is 10.0 Å². The number of primary sulfonamides is 1. The minimum atomic E-state index is -3.80. The number of hydrogen-bond donors (Lipinski definition) is 1. The molecule has 0 saturated carbocycles. The molecule has 1 aliphatic rings. The van der Waals surface area contributed by atoms with Crippen molar-refractivity contribution in [1.29, 1.82) is 0 Å². The summed E-state index contributed by atoms with van der Waals surface area (Å²) in [6.07, 6.45) is 1.64. The predicted molar refractivity (Wildman–Crippen MR) is 150 cm³/mol. The molecule has 0 amide bonds. The van der Waals surface area contributed by atoms with E-state index in [1.165, 1.54) is 12.1 Å². The number of sulfonamides is 1. The van der Waals surface area contributed by atoms with Crippen LogP contribution in [0.1, 0.15) is 29.9 Å². The van der Waals surface area contributed by atoms with E-state index in [0.717, 1.165) is 29.5 Å². The average molecular weight is 559 g/mol. The quantitative estimate of drug-likeness (QED) is 0.242. The van der Waals surface area contributed by atoms with Crippen molar-refractivity contribution in [2.24, 2.45) is 5.14 Å². The summed E-state index contributed by atoms with van der Waals surface area (Å²) in [6, 6.07) is 24.0.